The van der Waals surface area contributed by atoms with E-state index in [0.29, 0.717) is 11.1 Å². The highest BCUT2D eigenvalue weighted by Gasteiger charge is 2.29. The molecule has 0 aliphatic heterocycles. The van der Waals surface area contributed by atoms with Crippen molar-refractivity contribution in [3.05, 3.63) is 17.7 Å². The lowest BCUT2D eigenvalue weighted by molar-refractivity contribution is -0.0259. The fourth-order valence-electron chi connectivity index (χ4n) is 1.78. The van der Waals surface area contributed by atoms with Crippen LogP contribution in [0.3, 0.4) is 0 Å². The standard InChI is InChI=1S/C14H21NO7S/c1-6-21-11-9-12(19-4)13(23(17,18)15(3)20-5)8-10(11)14(16)22-7-2/h8-9H,6-7H2,1-5H3. The highest BCUT2D eigenvalue weighted by molar-refractivity contribution is 7.89. The monoisotopic (exact) mass is 347 g/mol. The second kappa shape index (κ2) is 8.14. The maximum Gasteiger partial charge on any atom is 0.341 e. The summed E-state index contributed by atoms with van der Waals surface area (Å²) in [6.07, 6.45) is 0. The zero-order valence-corrected chi connectivity index (χ0v) is 14.6. The first-order chi connectivity index (χ1) is 10.8. The highest BCUT2D eigenvalue weighted by Crippen LogP contribution is 2.34. The fraction of sp³-hybridized carbons (Fsp3) is 0.500. The Bertz CT molecular complexity index is 657. The number of sulfonamides is 1. The molecule has 1 rings (SSSR count). The van der Waals surface area contributed by atoms with Crippen LogP contribution in [0.2, 0.25) is 0 Å². The van der Waals surface area contributed by atoms with Gasteiger partial charge < -0.3 is 14.2 Å². The zero-order valence-electron chi connectivity index (χ0n) is 13.8. The molecule has 0 heterocycles. The number of hydroxylamine groups is 1. The van der Waals surface area contributed by atoms with E-state index in [4.69, 9.17) is 19.0 Å². The summed E-state index contributed by atoms with van der Waals surface area (Å²) in [6, 6.07) is 2.50. The molecule has 0 radical (unpaired) electrons. The lowest BCUT2D eigenvalue weighted by atomic mass is 10.2. The van der Waals surface area contributed by atoms with Crippen LogP contribution in [0.4, 0.5) is 0 Å². The van der Waals surface area contributed by atoms with E-state index in [-0.39, 0.29) is 28.6 Å². The minimum absolute atomic E-state index is 0.00224. The third kappa shape index (κ3) is 4.12. The van der Waals surface area contributed by atoms with Gasteiger partial charge in [0.2, 0.25) is 0 Å². The molecule has 0 N–H and O–H groups in total. The Kier molecular flexibility index (Phi) is 6.79. The fourth-order valence-corrected chi connectivity index (χ4v) is 2.92. The zero-order chi connectivity index (χ0) is 17.6. The van der Waals surface area contributed by atoms with Crippen LogP contribution in [-0.2, 0) is 19.6 Å². The van der Waals surface area contributed by atoms with Crippen molar-refractivity contribution in [2.24, 2.45) is 0 Å². The van der Waals surface area contributed by atoms with Gasteiger partial charge in [-0.1, -0.05) is 4.47 Å². The second-order valence-corrected chi connectivity index (χ2v) is 6.15. The summed E-state index contributed by atoms with van der Waals surface area (Å²) in [5, 5.41) is 0. The number of hydrogen-bond acceptors (Lipinski definition) is 7. The molecule has 0 aliphatic carbocycles. The molecule has 0 fully saturated rings. The summed E-state index contributed by atoms with van der Waals surface area (Å²) >= 11 is 0. The van der Waals surface area contributed by atoms with Crippen molar-refractivity contribution < 1.29 is 32.3 Å². The van der Waals surface area contributed by atoms with Gasteiger partial charge in [-0.15, -0.1) is 0 Å². The van der Waals surface area contributed by atoms with E-state index in [1.54, 1.807) is 13.8 Å². The molecule has 8 nitrogen and oxygen atoms in total. The average molecular weight is 347 g/mol. The minimum Gasteiger partial charge on any atom is -0.495 e. The van der Waals surface area contributed by atoms with Gasteiger partial charge in [0.1, 0.15) is 22.0 Å². The Morgan fingerprint density at radius 3 is 2.26 bits per heavy atom. The predicted octanol–water partition coefficient (Wildman–Crippen LogP) is 1.45. The van der Waals surface area contributed by atoms with Crippen LogP contribution in [0.25, 0.3) is 0 Å². The lowest BCUT2D eigenvalue weighted by Crippen LogP contribution is -2.26. The molecule has 9 heteroatoms. The maximum absolute atomic E-state index is 12.5. The molecule has 0 saturated carbocycles. The van der Waals surface area contributed by atoms with Crippen LogP contribution < -0.4 is 9.47 Å². The molecule has 0 atom stereocenters. The van der Waals surface area contributed by atoms with Crippen LogP contribution in [0.1, 0.15) is 24.2 Å². The Hall–Kier alpha value is -1.84. The van der Waals surface area contributed by atoms with Crippen molar-refractivity contribution >= 4 is 16.0 Å². The summed E-state index contributed by atoms with van der Waals surface area (Å²) in [7, 11) is -0.247. The number of benzene rings is 1. The Balaban J connectivity index is 3.58. The average Bonchev–Trinajstić information content (AvgIpc) is 2.53. The van der Waals surface area contributed by atoms with Crippen molar-refractivity contribution in [2.45, 2.75) is 18.7 Å². The van der Waals surface area contributed by atoms with E-state index in [2.05, 4.69) is 0 Å². The molecule has 130 valence electrons. The van der Waals surface area contributed by atoms with Gasteiger partial charge >= 0.3 is 5.97 Å². The van der Waals surface area contributed by atoms with Crippen LogP contribution in [0, 0.1) is 0 Å². The van der Waals surface area contributed by atoms with Crippen molar-refractivity contribution in [1.82, 2.24) is 4.47 Å². The van der Waals surface area contributed by atoms with Gasteiger partial charge in [0, 0.05) is 13.1 Å². The lowest BCUT2D eigenvalue weighted by Gasteiger charge is -2.18. The highest BCUT2D eigenvalue weighted by atomic mass is 32.2. The Morgan fingerprint density at radius 1 is 1.13 bits per heavy atom. The number of hydrogen-bond donors (Lipinski definition) is 0. The van der Waals surface area contributed by atoms with Crippen molar-refractivity contribution in [2.75, 3.05) is 34.5 Å². The number of esters is 1. The quantitative estimate of drug-likeness (QED) is 0.519. The largest absolute Gasteiger partial charge is 0.495 e. The SMILES string of the molecule is CCOC(=O)c1cc(S(=O)(=O)N(C)OC)c(OC)cc1OCC. The number of carbonyl (C=O) groups excluding carboxylic acids is 1. The first-order valence-electron chi connectivity index (χ1n) is 6.88. The van der Waals surface area contributed by atoms with Crippen molar-refractivity contribution in [1.29, 1.82) is 0 Å². The molecular formula is C14H21NO7S. The number of nitrogens with zero attached hydrogens (tertiary/aromatic N) is 1. The molecule has 0 saturated heterocycles. The summed E-state index contributed by atoms with van der Waals surface area (Å²) in [5.74, 6) is -0.470. The summed E-state index contributed by atoms with van der Waals surface area (Å²) in [6.45, 7) is 3.83. The molecule has 0 aromatic heterocycles. The van der Waals surface area contributed by atoms with E-state index in [1.165, 1.54) is 27.3 Å². The van der Waals surface area contributed by atoms with Gasteiger partial charge in [0.15, 0.2) is 0 Å². The molecule has 0 aliphatic rings. The number of carbonyl (C=O) groups is 1. The van der Waals surface area contributed by atoms with Crippen molar-refractivity contribution in [3.63, 3.8) is 0 Å². The number of methoxy groups -OCH3 is 1. The third-order valence-corrected chi connectivity index (χ3v) is 4.64. The summed E-state index contributed by atoms with van der Waals surface area (Å²) in [4.78, 5) is 16.6. The molecule has 23 heavy (non-hydrogen) atoms. The Labute approximate surface area is 135 Å². The molecule has 0 spiro atoms. The first-order valence-corrected chi connectivity index (χ1v) is 8.32. The Morgan fingerprint density at radius 2 is 1.78 bits per heavy atom. The van der Waals surface area contributed by atoms with Gasteiger partial charge in [0.25, 0.3) is 10.0 Å². The number of ether oxygens (including phenoxy) is 3. The van der Waals surface area contributed by atoms with Gasteiger partial charge in [0.05, 0.1) is 27.4 Å². The van der Waals surface area contributed by atoms with E-state index < -0.39 is 16.0 Å². The predicted molar refractivity (Wildman–Crippen MR) is 82.1 cm³/mol. The van der Waals surface area contributed by atoms with E-state index in [9.17, 15) is 13.2 Å². The van der Waals surface area contributed by atoms with Crippen LogP contribution in [0.5, 0.6) is 11.5 Å². The number of rotatable bonds is 8. The van der Waals surface area contributed by atoms with E-state index in [0.717, 1.165) is 6.07 Å². The maximum atomic E-state index is 12.5. The van der Waals surface area contributed by atoms with Gasteiger partial charge in [-0.05, 0) is 19.9 Å². The smallest absolute Gasteiger partial charge is 0.341 e. The summed E-state index contributed by atoms with van der Waals surface area (Å²) in [5.41, 5.74) is -0.00224. The molecule has 0 amide bonds. The molecule has 0 unspecified atom stereocenters. The van der Waals surface area contributed by atoms with Gasteiger partial charge in [-0.2, -0.15) is 0 Å². The minimum atomic E-state index is -4.01. The normalized spacial score (nSPS) is 11.4. The summed E-state index contributed by atoms with van der Waals surface area (Å²) < 4.78 is 41.1. The first kappa shape index (κ1) is 19.2. The second-order valence-electron chi connectivity index (χ2n) is 4.25. The molecule has 1 aromatic carbocycles. The molecular weight excluding hydrogens is 326 g/mol. The van der Waals surface area contributed by atoms with Gasteiger partial charge in [-0.3, -0.25) is 4.84 Å². The third-order valence-electron chi connectivity index (χ3n) is 2.93. The van der Waals surface area contributed by atoms with Crippen LogP contribution in [0.15, 0.2) is 17.0 Å². The van der Waals surface area contributed by atoms with Gasteiger partial charge in [-0.25, -0.2) is 13.2 Å². The van der Waals surface area contributed by atoms with Crippen LogP contribution >= 0.6 is 0 Å². The van der Waals surface area contributed by atoms with E-state index in [1.807, 2.05) is 0 Å². The van der Waals surface area contributed by atoms with E-state index >= 15 is 0 Å². The van der Waals surface area contributed by atoms with Crippen molar-refractivity contribution in [3.8, 4) is 11.5 Å². The topological polar surface area (TPSA) is 91.4 Å². The molecule has 0 bridgehead atoms. The molecule has 1 aromatic rings. The van der Waals surface area contributed by atoms with Crippen LogP contribution in [-0.4, -0.2) is 53.3 Å².